The van der Waals surface area contributed by atoms with Crippen LogP contribution in [0.5, 0.6) is 0 Å². The standard InChI is InChI=1S/C12H17ClN2.2ClH/c13-10-3-1-9(2-4-10)7-12-8-11(14)5-6-15-12;;/h1-4,11-12,15H,5-8,14H2;2*1H/t11-,12+;;/m0../s1. The molecule has 2 rings (SSSR count). The zero-order chi connectivity index (χ0) is 10.7. The highest BCUT2D eigenvalue weighted by Gasteiger charge is 2.18. The lowest BCUT2D eigenvalue weighted by Crippen LogP contribution is -2.44. The quantitative estimate of drug-likeness (QED) is 0.881. The molecule has 0 aromatic heterocycles. The molecule has 3 N–H and O–H groups in total. The molecule has 2 atom stereocenters. The topological polar surface area (TPSA) is 38.0 Å². The van der Waals surface area contributed by atoms with E-state index < -0.39 is 0 Å². The first-order chi connectivity index (χ1) is 7.24. The zero-order valence-electron chi connectivity index (χ0n) is 9.56. The van der Waals surface area contributed by atoms with Crippen molar-refractivity contribution in [2.75, 3.05) is 6.54 Å². The summed E-state index contributed by atoms with van der Waals surface area (Å²) < 4.78 is 0. The SMILES string of the molecule is Cl.Cl.N[C@H]1CCN[C@H](Cc2ccc(Cl)cc2)C1. The van der Waals surface area contributed by atoms with Gasteiger partial charge >= 0.3 is 0 Å². The van der Waals surface area contributed by atoms with Gasteiger partial charge in [-0.05, 0) is 43.5 Å². The fourth-order valence-corrected chi connectivity index (χ4v) is 2.23. The number of benzene rings is 1. The van der Waals surface area contributed by atoms with Crippen molar-refractivity contribution in [3.8, 4) is 0 Å². The van der Waals surface area contributed by atoms with Crippen LogP contribution in [0.3, 0.4) is 0 Å². The number of nitrogens with two attached hydrogens (primary N) is 1. The molecule has 1 aliphatic rings. The van der Waals surface area contributed by atoms with E-state index >= 15 is 0 Å². The number of piperidine rings is 1. The van der Waals surface area contributed by atoms with Gasteiger partial charge in [0.2, 0.25) is 0 Å². The number of hydrogen-bond donors (Lipinski definition) is 2. The molecule has 1 aliphatic heterocycles. The van der Waals surface area contributed by atoms with Crippen LogP contribution in [0, 0.1) is 0 Å². The molecular formula is C12H19Cl3N2. The van der Waals surface area contributed by atoms with Gasteiger partial charge in [-0.15, -0.1) is 24.8 Å². The van der Waals surface area contributed by atoms with E-state index in [0.717, 1.165) is 30.8 Å². The first-order valence-corrected chi connectivity index (χ1v) is 5.85. The summed E-state index contributed by atoms with van der Waals surface area (Å²) in [5.74, 6) is 0. The molecule has 1 heterocycles. The fraction of sp³-hybridized carbons (Fsp3) is 0.500. The molecule has 1 saturated heterocycles. The third-order valence-corrected chi connectivity index (χ3v) is 3.18. The average molecular weight is 298 g/mol. The Hall–Kier alpha value is 0.01000. The summed E-state index contributed by atoms with van der Waals surface area (Å²) in [5, 5.41) is 4.30. The van der Waals surface area contributed by atoms with Gasteiger partial charge < -0.3 is 11.1 Å². The molecule has 1 aromatic rings. The van der Waals surface area contributed by atoms with Crippen LogP contribution in [-0.2, 0) is 6.42 Å². The summed E-state index contributed by atoms with van der Waals surface area (Å²) in [5.41, 5.74) is 7.27. The predicted octanol–water partition coefficient (Wildman–Crippen LogP) is 2.81. The summed E-state index contributed by atoms with van der Waals surface area (Å²) in [6, 6.07) is 8.95. The van der Waals surface area contributed by atoms with Gasteiger partial charge in [-0.2, -0.15) is 0 Å². The molecule has 1 aromatic carbocycles. The van der Waals surface area contributed by atoms with E-state index in [1.54, 1.807) is 0 Å². The van der Waals surface area contributed by atoms with Crippen LogP contribution < -0.4 is 11.1 Å². The highest BCUT2D eigenvalue weighted by molar-refractivity contribution is 6.30. The van der Waals surface area contributed by atoms with Gasteiger partial charge in [0.15, 0.2) is 0 Å². The Morgan fingerprint density at radius 1 is 1.24 bits per heavy atom. The molecule has 17 heavy (non-hydrogen) atoms. The second-order valence-electron chi connectivity index (χ2n) is 4.27. The predicted molar refractivity (Wildman–Crippen MR) is 78.7 cm³/mol. The second-order valence-corrected chi connectivity index (χ2v) is 4.70. The molecule has 0 radical (unpaired) electrons. The number of hydrogen-bond acceptors (Lipinski definition) is 2. The molecule has 0 unspecified atom stereocenters. The number of nitrogens with one attached hydrogen (secondary N) is 1. The van der Waals surface area contributed by atoms with Gasteiger partial charge in [-0.25, -0.2) is 0 Å². The third kappa shape index (κ3) is 5.45. The molecule has 98 valence electrons. The first kappa shape index (κ1) is 17.0. The van der Waals surface area contributed by atoms with Gasteiger partial charge in [0.05, 0.1) is 0 Å². The molecule has 0 saturated carbocycles. The summed E-state index contributed by atoms with van der Waals surface area (Å²) in [4.78, 5) is 0. The van der Waals surface area contributed by atoms with Crippen LogP contribution in [0.4, 0.5) is 0 Å². The Balaban J connectivity index is 0.00000128. The Kier molecular flexibility index (Phi) is 8.18. The van der Waals surface area contributed by atoms with Crippen molar-refractivity contribution >= 4 is 36.4 Å². The fourth-order valence-electron chi connectivity index (χ4n) is 2.10. The van der Waals surface area contributed by atoms with Crippen LogP contribution in [0.25, 0.3) is 0 Å². The minimum Gasteiger partial charge on any atom is -0.328 e. The molecule has 0 amide bonds. The molecular weight excluding hydrogens is 279 g/mol. The lowest BCUT2D eigenvalue weighted by Gasteiger charge is -2.28. The average Bonchev–Trinajstić information content (AvgIpc) is 2.22. The van der Waals surface area contributed by atoms with Crippen LogP contribution in [0.1, 0.15) is 18.4 Å². The van der Waals surface area contributed by atoms with Crippen LogP contribution in [0.2, 0.25) is 5.02 Å². The summed E-state index contributed by atoms with van der Waals surface area (Å²) >= 11 is 5.84. The lowest BCUT2D eigenvalue weighted by molar-refractivity contribution is 0.360. The van der Waals surface area contributed by atoms with Crippen molar-refractivity contribution in [2.45, 2.75) is 31.3 Å². The Morgan fingerprint density at radius 3 is 2.47 bits per heavy atom. The minimum atomic E-state index is 0. The van der Waals surface area contributed by atoms with Crippen molar-refractivity contribution in [2.24, 2.45) is 5.73 Å². The normalized spacial score (nSPS) is 23.4. The van der Waals surface area contributed by atoms with Crippen molar-refractivity contribution in [1.29, 1.82) is 0 Å². The molecule has 5 heteroatoms. The zero-order valence-corrected chi connectivity index (χ0v) is 12.0. The lowest BCUT2D eigenvalue weighted by atomic mass is 9.95. The minimum absolute atomic E-state index is 0. The van der Waals surface area contributed by atoms with E-state index in [4.69, 9.17) is 17.3 Å². The van der Waals surface area contributed by atoms with Crippen molar-refractivity contribution < 1.29 is 0 Å². The Bertz CT molecular complexity index is 316. The van der Waals surface area contributed by atoms with Gasteiger partial charge in [0.1, 0.15) is 0 Å². The highest BCUT2D eigenvalue weighted by atomic mass is 35.5. The van der Waals surface area contributed by atoms with E-state index in [-0.39, 0.29) is 24.8 Å². The smallest absolute Gasteiger partial charge is 0.0406 e. The van der Waals surface area contributed by atoms with E-state index in [0.29, 0.717) is 12.1 Å². The maximum Gasteiger partial charge on any atom is 0.0406 e. The van der Waals surface area contributed by atoms with Crippen LogP contribution in [0.15, 0.2) is 24.3 Å². The van der Waals surface area contributed by atoms with E-state index in [9.17, 15) is 0 Å². The van der Waals surface area contributed by atoms with Crippen LogP contribution in [-0.4, -0.2) is 18.6 Å². The summed E-state index contributed by atoms with van der Waals surface area (Å²) in [6.07, 6.45) is 3.21. The Morgan fingerprint density at radius 2 is 1.88 bits per heavy atom. The molecule has 2 nitrogen and oxygen atoms in total. The largest absolute Gasteiger partial charge is 0.328 e. The van der Waals surface area contributed by atoms with Gasteiger partial charge in [-0.1, -0.05) is 23.7 Å². The molecule has 0 aliphatic carbocycles. The number of rotatable bonds is 2. The Labute approximate surface area is 120 Å². The summed E-state index contributed by atoms with van der Waals surface area (Å²) in [7, 11) is 0. The monoisotopic (exact) mass is 296 g/mol. The van der Waals surface area contributed by atoms with Gasteiger partial charge in [-0.3, -0.25) is 0 Å². The number of halogens is 3. The second kappa shape index (κ2) is 8.17. The van der Waals surface area contributed by atoms with Crippen molar-refractivity contribution in [1.82, 2.24) is 5.32 Å². The third-order valence-electron chi connectivity index (χ3n) is 2.93. The van der Waals surface area contributed by atoms with E-state index in [1.807, 2.05) is 12.1 Å². The van der Waals surface area contributed by atoms with Crippen LogP contribution >= 0.6 is 36.4 Å². The maximum absolute atomic E-state index is 5.94. The van der Waals surface area contributed by atoms with Crippen molar-refractivity contribution in [3.63, 3.8) is 0 Å². The molecule has 1 fully saturated rings. The van der Waals surface area contributed by atoms with Gasteiger partial charge in [0.25, 0.3) is 0 Å². The molecule has 0 bridgehead atoms. The maximum atomic E-state index is 5.94. The van der Waals surface area contributed by atoms with E-state index in [2.05, 4.69) is 17.4 Å². The summed E-state index contributed by atoms with van der Waals surface area (Å²) in [6.45, 7) is 1.04. The van der Waals surface area contributed by atoms with Gasteiger partial charge in [0, 0.05) is 17.1 Å². The van der Waals surface area contributed by atoms with Crippen molar-refractivity contribution in [3.05, 3.63) is 34.9 Å². The molecule has 0 spiro atoms. The highest BCUT2D eigenvalue weighted by Crippen LogP contribution is 2.14. The van der Waals surface area contributed by atoms with E-state index in [1.165, 1.54) is 5.56 Å². The first-order valence-electron chi connectivity index (χ1n) is 5.47.